The van der Waals surface area contributed by atoms with Crippen LogP contribution < -0.4 is 16.0 Å². The first-order valence-corrected chi connectivity index (χ1v) is 14.5. The molecular formula is C35H38N4O4. The molecule has 0 bridgehead atoms. The van der Waals surface area contributed by atoms with Gasteiger partial charge >= 0.3 is 6.09 Å². The van der Waals surface area contributed by atoms with E-state index in [2.05, 4.69) is 28.4 Å². The second-order valence-electron chi connectivity index (χ2n) is 10.6. The fourth-order valence-corrected chi connectivity index (χ4v) is 5.32. The summed E-state index contributed by atoms with van der Waals surface area (Å²) in [6.45, 7) is 4.13. The molecule has 0 aliphatic carbocycles. The zero-order chi connectivity index (χ0) is 30.0. The molecule has 43 heavy (non-hydrogen) atoms. The first kappa shape index (κ1) is 29.8. The van der Waals surface area contributed by atoms with Crippen molar-refractivity contribution in [2.45, 2.75) is 26.1 Å². The lowest BCUT2D eigenvalue weighted by Crippen LogP contribution is -2.36. The molecule has 0 atom stereocenters. The molecule has 8 heteroatoms. The lowest BCUT2D eigenvalue weighted by molar-refractivity contribution is -0.131. The number of anilines is 2. The van der Waals surface area contributed by atoms with E-state index in [-0.39, 0.29) is 5.91 Å². The van der Waals surface area contributed by atoms with Gasteiger partial charge in [-0.1, -0.05) is 78.9 Å². The van der Waals surface area contributed by atoms with Gasteiger partial charge in [-0.25, -0.2) is 4.79 Å². The second kappa shape index (κ2) is 14.5. The standard InChI is InChI=1S/C35H38N4O4/c1-42-35(41)37-32-22-31(13-14-33(32)38-15-17-43-18-16-38)30-12-6-11-29(20-30)25-39(24-28-10-5-9-27(19-28)23-36)34(40)21-26-7-3-2-4-8-26/h2-14,19-20,22H,15-18,21,23-25,36H2,1H3,(H,37,41). The van der Waals surface area contributed by atoms with Crippen LogP contribution >= 0.6 is 0 Å². The minimum atomic E-state index is -0.522. The van der Waals surface area contributed by atoms with Gasteiger partial charge in [0.15, 0.2) is 0 Å². The minimum Gasteiger partial charge on any atom is -0.453 e. The molecule has 8 nitrogen and oxygen atoms in total. The molecule has 3 N–H and O–H groups in total. The van der Waals surface area contributed by atoms with Crippen LogP contribution in [0.15, 0.2) is 97.1 Å². The molecule has 222 valence electrons. The van der Waals surface area contributed by atoms with E-state index in [1.165, 1.54) is 7.11 Å². The maximum atomic E-state index is 13.6. The molecular weight excluding hydrogens is 540 g/mol. The lowest BCUT2D eigenvalue weighted by Gasteiger charge is -2.30. The van der Waals surface area contributed by atoms with Gasteiger partial charge in [0.2, 0.25) is 5.91 Å². The maximum absolute atomic E-state index is 13.6. The van der Waals surface area contributed by atoms with Gasteiger partial charge < -0.3 is 25.0 Å². The summed E-state index contributed by atoms with van der Waals surface area (Å²) in [7, 11) is 1.36. The third kappa shape index (κ3) is 8.00. The predicted molar refractivity (Wildman–Crippen MR) is 170 cm³/mol. The van der Waals surface area contributed by atoms with Gasteiger partial charge in [-0.15, -0.1) is 0 Å². The molecule has 1 aliphatic rings. The van der Waals surface area contributed by atoms with E-state index in [4.69, 9.17) is 15.2 Å². The molecule has 0 saturated carbocycles. The van der Waals surface area contributed by atoms with Gasteiger partial charge in [0, 0.05) is 32.7 Å². The molecule has 4 aromatic rings. The number of hydrogen-bond acceptors (Lipinski definition) is 6. The van der Waals surface area contributed by atoms with Crippen molar-refractivity contribution in [2.75, 3.05) is 43.6 Å². The highest BCUT2D eigenvalue weighted by Gasteiger charge is 2.19. The van der Waals surface area contributed by atoms with Crippen LogP contribution in [0, 0.1) is 0 Å². The zero-order valence-corrected chi connectivity index (χ0v) is 24.5. The average Bonchev–Trinajstić information content (AvgIpc) is 3.05. The Labute approximate surface area is 253 Å². The van der Waals surface area contributed by atoms with Crippen molar-refractivity contribution in [2.24, 2.45) is 5.73 Å². The number of benzene rings is 4. The third-order valence-electron chi connectivity index (χ3n) is 7.56. The van der Waals surface area contributed by atoms with E-state index in [9.17, 15) is 9.59 Å². The van der Waals surface area contributed by atoms with E-state index in [0.29, 0.717) is 45.0 Å². The molecule has 0 radical (unpaired) electrons. The lowest BCUT2D eigenvalue weighted by atomic mass is 10.0. The molecule has 0 unspecified atom stereocenters. The highest BCUT2D eigenvalue weighted by Crippen LogP contribution is 2.33. The predicted octanol–water partition coefficient (Wildman–Crippen LogP) is 5.60. The minimum absolute atomic E-state index is 0.0502. The van der Waals surface area contributed by atoms with Gasteiger partial charge in [-0.2, -0.15) is 0 Å². The van der Waals surface area contributed by atoms with E-state index < -0.39 is 6.09 Å². The molecule has 1 fully saturated rings. The van der Waals surface area contributed by atoms with E-state index >= 15 is 0 Å². The van der Waals surface area contributed by atoms with Gasteiger partial charge in [-0.05, 0) is 51.6 Å². The van der Waals surface area contributed by atoms with Crippen LogP contribution in [0.25, 0.3) is 11.1 Å². The Hall–Kier alpha value is -4.66. The Morgan fingerprint density at radius 1 is 0.814 bits per heavy atom. The third-order valence-corrected chi connectivity index (χ3v) is 7.56. The summed E-state index contributed by atoms with van der Waals surface area (Å²) < 4.78 is 10.4. The first-order chi connectivity index (χ1) is 21.0. The van der Waals surface area contributed by atoms with Crippen molar-refractivity contribution in [3.05, 3.63) is 119 Å². The Morgan fingerprint density at radius 2 is 1.47 bits per heavy atom. The number of amides is 2. The number of nitrogens with one attached hydrogen (secondary N) is 1. The Kier molecular flexibility index (Phi) is 10.0. The van der Waals surface area contributed by atoms with Gasteiger partial charge in [0.05, 0.1) is 38.1 Å². The van der Waals surface area contributed by atoms with Crippen molar-refractivity contribution >= 4 is 23.4 Å². The van der Waals surface area contributed by atoms with Crippen LogP contribution in [0.2, 0.25) is 0 Å². The van der Waals surface area contributed by atoms with Crippen LogP contribution in [0.4, 0.5) is 16.2 Å². The van der Waals surface area contributed by atoms with Gasteiger partial charge in [0.25, 0.3) is 0 Å². The summed E-state index contributed by atoms with van der Waals surface area (Å²) in [5.74, 6) is 0.0502. The van der Waals surface area contributed by atoms with Crippen molar-refractivity contribution < 1.29 is 19.1 Å². The fourth-order valence-electron chi connectivity index (χ4n) is 5.32. The molecule has 5 rings (SSSR count). The fraction of sp³-hybridized carbons (Fsp3) is 0.257. The summed E-state index contributed by atoms with van der Waals surface area (Å²) in [4.78, 5) is 29.9. The quantitative estimate of drug-likeness (QED) is 0.254. The van der Waals surface area contributed by atoms with Crippen molar-refractivity contribution in [3.8, 4) is 11.1 Å². The number of morpholine rings is 1. The largest absolute Gasteiger partial charge is 0.453 e. The molecule has 4 aromatic carbocycles. The van der Waals surface area contributed by atoms with Crippen molar-refractivity contribution in [1.29, 1.82) is 0 Å². The molecule has 0 spiro atoms. The number of methoxy groups -OCH3 is 1. The van der Waals surface area contributed by atoms with Crippen LogP contribution in [-0.2, 0) is 40.3 Å². The summed E-state index contributed by atoms with van der Waals surface area (Å²) >= 11 is 0. The first-order valence-electron chi connectivity index (χ1n) is 14.5. The summed E-state index contributed by atoms with van der Waals surface area (Å²) in [6, 6.07) is 32.1. The molecule has 1 saturated heterocycles. The van der Waals surface area contributed by atoms with Crippen LogP contribution in [0.1, 0.15) is 22.3 Å². The number of carbonyl (C=O) groups is 2. The number of carbonyl (C=O) groups excluding carboxylic acids is 2. The number of nitrogens with zero attached hydrogens (tertiary/aromatic N) is 2. The normalized spacial score (nSPS) is 12.9. The molecule has 2 amide bonds. The summed E-state index contributed by atoms with van der Waals surface area (Å²) in [6.07, 6.45) is -0.199. The number of nitrogens with two attached hydrogens (primary N) is 1. The zero-order valence-electron chi connectivity index (χ0n) is 24.5. The Morgan fingerprint density at radius 3 is 2.19 bits per heavy atom. The summed E-state index contributed by atoms with van der Waals surface area (Å²) in [5.41, 5.74) is 13.5. The van der Waals surface area contributed by atoms with E-state index in [1.807, 2.05) is 83.8 Å². The van der Waals surface area contributed by atoms with Crippen molar-refractivity contribution in [3.63, 3.8) is 0 Å². The van der Waals surface area contributed by atoms with E-state index in [1.54, 1.807) is 0 Å². The highest BCUT2D eigenvalue weighted by atomic mass is 16.5. The second-order valence-corrected chi connectivity index (χ2v) is 10.6. The molecule has 1 heterocycles. The number of hydrogen-bond donors (Lipinski definition) is 2. The highest BCUT2D eigenvalue weighted by molar-refractivity contribution is 5.91. The van der Waals surface area contributed by atoms with Crippen LogP contribution in [0.5, 0.6) is 0 Å². The van der Waals surface area contributed by atoms with Crippen molar-refractivity contribution in [1.82, 2.24) is 4.90 Å². The van der Waals surface area contributed by atoms with E-state index in [0.717, 1.165) is 52.2 Å². The Balaban J connectivity index is 1.42. The van der Waals surface area contributed by atoms with Gasteiger partial charge in [-0.3, -0.25) is 10.1 Å². The topological polar surface area (TPSA) is 97.1 Å². The van der Waals surface area contributed by atoms with Crippen LogP contribution in [-0.4, -0.2) is 50.3 Å². The van der Waals surface area contributed by atoms with Crippen LogP contribution in [0.3, 0.4) is 0 Å². The average molecular weight is 579 g/mol. The molecule has 1 aliphatic heterocycles. The maximum Gasteiger partial charge on any atom is 0.411 e. The SMILES string of the molecule is COC(=O)Nc1cc(-c2cccc(CN(Cc3cccc(CN)c3)C(=O)Cc3ccccc3)c2)ccc1N1CCOCC1. The molecule has 0 aromatic heterocycles. The summed E-state index contributed by atoms with van der Waals surface area (Å²) in [5, 5.41) is 2.88. The smallest absolute Gasteiger partial charge is 0.411 e. The number of ether oxygens (including phenoxy) is 2. The monoisotopic (exact) mass is 578 g/mol. The number of rotatable bonds is 10. The Bertz CT molecular complexity index is 1540. The van der Waals surface area contributed by atoms with Gasteiger partial charge in [0.1, 0.15) is 0 Å².